The van der Waals surface area contributed by atoms with E-state index >= 15 is 0 Å². The van der Waals surface area contributed by atoms with Gasteiger partial charge in [-0.15, -0.1) is 16.7 Å². The fraction of sp³-hybridized carbons (Fsp3) is 0.545. The van der Waals surface area contributed by atoms with Gasteiger partial charge in [0.15, 0.2) is 5.69 Å². The smallest absolute Gasteiger partial charge is 0.360 e. The average molecular weight is 316 g/mol. The number of carbonyl (C=O) groups is 3. The van der Waals surface area contributed by atoms with Crippen molar-refractivity contribution >= 4 is 29.5 Å². The summed E-state index contributed by atoms with van der Waals surface area (Å²) >= 11 is 5.81. The van der Waals surface area contributed by atoms with Crippen LogP contribution in [0.25, 0.3) is 0 Å². The minimum absolute atomic E-state index is 0.00731. The quantitative estimate of drug-likeness (QED) is 0.440. The first-order valence-corrected chi connectivity index (χ1v) is 6.85. The summed E-state index contributed by atoms with van der Waals surface area (Å²) in [6.07, 6.45) is 0. The third-order valence-corrected chi connectivity index (χ3v) is 3.16. The van der Waals surface area contributed by atoms with Crippen LogP contribution in [0.3, 0.4) is 0 Å². The van der Waals surface area contributed by atoms with E-state index in [4.69, 9.17) is 16.3 Å². The second kappa shape index (κ2) is 6.53. The number of nitrogens with one attached hydrogen (secondary N) is 1. The van der Waals surface area contributed by atoms with E-state index in [0.29, 0.717) is 5.69 Å². The van der Waals surface area contributed by atoms with Gasteiger partial charge in [0.1, 0.15) is 0 Å². The third kappa shape index (κ3) is 3.13. The molecule has 0 unspecified atom stereocenters. The predicted octanol–water partition coefficient (Wildman–Crippen LogP) is -0.255. The van der Waals surface area contributed by atoms with Crippen molar-refractivity contribution in [2.75, 3.05) is 19.7 Å². The summed E-state index contributed by atoms with van der Waals surface area (Å²) in [6.45, 7) is 2.22. The lowest BCUT2D eigenvalue weighted by Crippen LogP contribution is -2.34. The summed E-state index contributed by atoms with van der Waals surface area (Å²) in [5.74, 6) is -0.895. The first-order chi connectivity index (χ1) is 10.1. The molecule has 1 fully saturated rings. The van der Waals surface area contributed by atoms with Crippen LogP contribution in [-0.2, 0) is 22.0 Å². The Labute approximate surface area is 125 Å². The molecule has 0 aliphatic carbocycles. The summed E-state index contributed by atoms with van der Waals surface area (Å²) in [6, 6.07) is -0.446. The van der Waals surface area contributed by atoms with Gasteiger partial charge in [0.2, 0.25) is 5.91 Å². The molecule has 21 heavy (non-hydrogen) atoms. The number of nitrogens with zero attached hydrogens (tertiary/aromatic N) is 4. The van der Waals surface area contributed by atoms with Crippen molar-refractivity contribution in [1.29, 1.82) is 0 Å². The van der Waals surface area contributed by atoms with Gasteiger partial charge in [0.25, 0.3) is 0 Å². The summed E-state index contributed by atoms with van der Waals surface area (Å²) in [5.41, 5.74) is 0.436. The topological polar surface area (TPSA) is 106 Å². The molecule has 10 heteroatoms. The number of alkyl halides is 1. The molecule has 1 saturated heterocycles. The van der Waals surface area contributed by atoms with Crippen molar-refractivity contribution in [1.82, 2.24) is 25.2 Å². The highest BCUT2D eigenvalue weighted by molar-refractivity contribution is 6.17. The highest BCUT2D eigenvalue weighted by Crippen LogP contribution is 2.11. The lowest BCUT2D eigenvalue weighted by Gasteiger charge is -2.12. The van der Waals surface area contributed by atoms with E-state index in [1.54, 1.807) is 6.92 Å². The predicted molar refractivity (Wildman–Crippen MR) is 70.6 cm³/mol. The SMILES string of the molecule is CCOC(=O)c1nnn(CCN2C(=O)CNC2=O)c1CCl. The average Bonchev–Trinajstić information content (AvgIpc) is 3.01. The van der Waals surface area contributed by atoms with Gasteiger partial charge in [-0.1, -0.05) is 5.21 Å². The van der Waals surface area contributed by atoms with Gasteiger partial charge in [-0.05, 0) is 6.92 Å². The van der Waals surface area contributed by atoms with E-state index < -0.39 is 12.0 Å². The highest BCUT2D eigenvalue weighted by atomic mass is 35.5. The molecule has 1 N–H and O–H groups in total. The highest BCUT2D eigenvalue weighted by Gasteiger charge is 2.28. The largest absolute Gasteiger partial charge is 0.461 e. The van der Waals surface area contributed by atoms with Crippen LogP contribution in [0.2, 0.25) is 0 Å². The minimum Gasteiger partial charge on any atom is -0.461 e. The first kappa shape index (κ1) is 15.2. The maximum Gasteiger partial charge on any atom is 0.360 e. The lowest BCUT2D eigenvalue weighted by atomic mass is 10.3. The number of carbonyl (C=O) groups excluding carboxylic acids is 3. The molecule has 2 heterocycles. The number of hydrogen-bond acceptors (Lipinski definition) is 6. The monoisotopic (exact) mass is 315 g/mol. The Balaban J connectivity index is 2.08. The molecule has 1 aliphatic rings. The van der Waals surface area contributed by atoms with Crippen LogP contribution in [-0.4, -0.2) is 57.5 Å². The lowest BCUT2D eigenvalue weighted by molar-refractivity contribution is -0.125. The molecule has 1 aromatic heterocycles. The number of urea groups is 1. The maximum absolute atomic E-state index is 11.7. The van der Waals surface area contributed by atoms with Crippen LogP contribution in [0.5, 0.6) is 0 Å². The van der Waals surface area contributed by atoms with Crippen molar-refractivity contribution in [2.45, 2.75) is 19.3 Å². The number of amides is 3. The number of imide groups is 1. The Morgan fingerprint density at radius 2 is 2.19 bits per heavy atom. The van der Waals surface area contributed by atoms with Crippen molar-refractivity contribution < 1.29 is 19.1 Å². The van der Waals surface area contributed by atoms with E-state index in [1.165, 1.54) is 4.68 Å². The number of hydrogen-bond donors (Lipinski definition) is 1. The molecule has 2 rings (SSSR count). The normalized spacial score (nSPS) is 14.5. The van der Waals surface area contributed by atoms with Gasteiger partial charge in [-0.25, -0.2) is 14.3 Å². The molecule has 0 spiro atoms. The van der Waals surface area contributed by atoms with Crippen molar-refractivity contribution in [3.05, 3.63) is 11.4 Å². The zero-order valence-corrected chi connectivity index (χ0v) is 12.1. The number of rotatable bonds is 6. The first-order valence-electron chi connectivity index (χ1n) is 6.32. The molecule has 0 bridgehead atoms. The molecule has 3 amide bonds. The fourth-order valence-electron chi connectivity index (χ4n) is 1.88. The van der Waals surface area contributed by atoms with Crippen LogP contribution < -0.4 is 5.32 Å². The molecular weight excluding hydrogens is 302 g/mol. The molecule has 0 radical (unpaired) electrons. The van der Waals surface area contributed by atoms with Crippen molar-refractivity contribution in [3.63, 3.8) is 0 Å². The molecule has 114 valence electrons. The minimum atomic E-state index is -0.602. The standard InChI is InChI=1S/C11H14ClN5O4/c1-2-21-10(19)9-7(5-12)17(15-14-9)4-3-16-8(18)6-13-11(16)20/h2-6H2,1H3,(H,13,20). The van der Waals surface area contributed by atoms with Crippen LogP contribution >= 0.6 is 11.6 Å². The van der Waals surface area contributed by atoms with E-state index in [9.17, 15) is 14.4 Å². The van der Waals surface area contributed by atoms with Crippen LogP contribution in [0.15, 0.2) is 0 Å². The Hall–Kier alpha value is -2.16. The van der Waals surface area contributed by atoms with Crippen LogP contribution in [0, 0.1) is 0 Å². The van der Waals surface area contributed by atoms with Crippen molar-refractivity contribution in [3.8, 4) is 0 Å². The molecular formula is C11H14ClN5O4. The van der Waals surface area contributed by atoms with Gasteiger partial charge in [-0.2, -0.15) is 0 Å². The van der Waals surface area contributed by atoms with Crippen LogP contribution in [0.1, 0.15) is 23.1 Å². The molecule has 0 saturated carbocycles. The summed E-state index contributed by atoms with van der Waals surface area (Å²) in [7, 11) is 0. The molecule has 0 aromatic carbocycles. The summed E-state index contributed by atoms with van der Waals surface area (Å²) in [5, 5.41) is 9.97. The Morgan fingerprint density at radius 1 is 1.43 bits per heavy atom. The van der Waals surface area contributed by atoms with E-state index in [1.807, 2.05) is 0 Å². The van der Waals surface area contributed by atoms with E-state index in [2.05, 4.69) is 15.6 Å². The zero-order chi connectivity index (χ0) is 15.4. The van der Waals surface area contributed by atoms with Gasteiger partial charge in [0, 0.05) is 0 Å². The third-order valence-electron chi connectivity index (χ3n) is 2.91. The number of aromatic nitrogens is 3. The summed E-state index contributed by atoms with van der Waals surface area (Å²) in [4.78, 5) is 35.6. The Morgan fingerprint density at radius 3 is 2.76 bits per heavy atom. The van der Waals surface area contributed by atoms with Gasteiger partial charge >= 0.3 is 12.0 Å². The molecule has 0 atom stereocenters. The maximum atomic E-state index is 11.7. The number of ether oxygens (including phenoxy) is 1. The molecule has 9 nitrogen and oxygen atoms in total. The summed E-state index contributed by atoms with van der Waals surface area (Å²) < 4.78 is 6.24. The number of halogens is 1. The van der Waals surface area contributed by atoms with E-state index in [-0.39, 0.29) is 43.7 Å². The second-order valence-corrected chi connectivity index (χ2v) is 4.43. The van der Waals surface area contributed by atoms with Crippen molar-refractivity contribution in [2.24, 2.45) is 0 Å². The Bertz CT molecular complexity index is 557. The second-order valence-electron chi connectivity index (χ2n) is 4.17. The fourth-order valence-corrected chi connectivity index (χ4v) is 2.14. The Kier molecular flexibility index (Phi) is 4.73. The van der Waals surface area contributed by atoms with E-state index in [0.717, 1.165) is 4.90 Å². The zero-order valence-electron chi connectivity index (χ0n) is 11.3. The van der Waals surface area contributed by atoms with Gasteiger partial charge in [0.05, 0.1) is 37.8 Å². The van der Waals surface area contributed by atoms with Gasteiger partial charge < -0.3 is 10.1 Å². The number of esters is 1. The van der Waals surface area contributed by atoms with Crippen LogP contribution in [0.4, 0.5) is 4.79 Å². The molecule has 1 aromatic rings. The molecule has 1 aliphatic heterocycles. The van der Waals surface area contributed by atoms with Gasteiger partial charge in [-0.3, -0.25) is 9.69 Å².